The molecule has 0 aromatic heterocycles. The molecule has 5 nitrogen and oxygen atoms in total. The van der Waals surface area contributed by atoms with Gasteiger partial charge in [-0.05, 0) is 18.8 Å². The topological polar surface area (TPSA) is 56.7 Å². The van der Waals surface area contributed by atoms with Crippen LogP contribution in [0.5, 0.6) is 0 Å². The first kappa shape index (κ1) is 19.5. The SMILES string of the molecule is CN=C(NCCNC(=O)C(C)C)N1CCCC(C)C1.I. The maximum absolute atomic E-state index is 11.4. The third kappa shape index (κ3) is 6.76. The van der Waals surface area contributed by atoms with Crippen molar-refractivity contribution in [3.05, 3.63) is 0 Å². The average Bonchev–Trinajstić information content (AvgIpc) is 2.38. The first-order valence-electron chi connectivity index (χ1n) is 7.28. The molecule has 1 atom stereocenters. The first-order chi connectivity index (χ1) is 9.04. The first-order valence-corrected chi connectivity index (χ1v) is 7.28. The molecule has 2 N–H and O–H groups in total. The van der Waals surface area contributed by atoms with Crippen LogP contribution >= 0.6 is 24.0 Å². The lowest BCUT2D eigenvalue weighted by molar-refractivity contribution is -0.123. The van der Waals surface area contributed by atoms with E-state index in [0.29, 0.717) is 6.54 Å². The summed E-state index contributed by atoms with van der Waals surface area (Å²) in [5.74, 6) is 1.82. The fourth-order valence-corrected chi connectivity index (χ4v) is 2.28. The number of hydrogen-bond donors (Lipinski definition) is 2. The number of carbonyl (C=O) groups is 1. The number of carbonyl (C=O) groups excluding carboxylic acids is 1. The molecule has 0 spiro atoms. The third-order valence-electron chi connectivity index (χ3n) is 3.40. The zero-order valence-corrected chi connectivity index (χ0v) is 15.4. The van der Waals surface area contributed by atoms with Crippen molar-refractivity contribution in [3.63, 3.8) is 0 Å². The summed E-state index contributed by atoms with van der Waals surface area (Å²) in [6, 6.07) is 0. The smallest absolute Gasteiger partial charge is 0.222 e. The highest BCUT2D eigenvalue weighted by Crippen LogP contribution is 2.15. The number of nitrogens with one attached hydrogen (secondary N) is 2. The highest BCUT2D eigenvalue weighted by Gasteiger charge is 2.18. The fraction of sp³-hybridized carbons (Fsp3) is 0.857. The Morgan fingerprint density at radius 2 is 2.00 bits per heavy atom. The highest BCUT2D eigenvalue weighted by atomic mass is 127. The van der Waals surface area contributed by atoms with Crippen LogP contribution in [0.2, 0.25) is 0 Å². The van der Waals surface area contributed by atoms with Gasteiger partial charge in [0.1, 0.15) is 0 Å². The monoisotopic (exact) mass is 396 g/mol. The Labute approximate surface area is 140 Å². The van der Waals surface area contributed by atoms with Gasteiger partial charge < -0.3 is 15.5 Å². The van der Waals surface area contributed by atoms with E-state index < -0.39 is 0 Å². The van der Waals surface area contributed by atoms with Crippen molar-refractivity contribution in [3.8, 4) is 0 Å². The summed E-state index contributed by atoms with van der Waals surface area (Å²) >= 11 is 0. The van der Waals surface area contributed by atoms with Gasteiger partial charge in [-0.3, -0.25) is 9.79 Å². The van der Waals surface area contributed by atoms with Gasteiger partial charge in [0.05, 0.1) is 0 Å². The van der Waals surface area contributed by atoms with Crippen LogP contribution in [0.3, 0.4) is 0 Å². The molecule has 6 heteroatoms. The van der Waals surface area contributed by atoms with Crippen LogP contribution in [0.1, 0.15) is 33.6 Å². The lowest BCUT2D eigenvalue weighted by Crippen LogP contribution is -2.48. The average molecular weight is 396 g/mol. The predicted octanol–water partition coefficient (Wildman–Crippen LogP) is 1.68. The molecule has 1 unspecified atom stereocenters. The van der Waals surface area contributed by atoms with E-state index in [0.717, 1.165) is 31.5 Å². The van der Waals surface area contributed by atoms with E-state index in [4.69, 9.17) is 0 Å². The van der Waals surface area contributed by atoms with Crippen molar-refractivity contribution in [2.24, 2.45) is 16.8 Å². The van der Waals surface area contributed by atoms with Crippen molar-refractivity contribution in [2.45, 2.75) is 33.6 Å². The molecule has 1 aliphatic heterocycles. The van der Waals surface area contributed by atoms with Gasteiger partial charge >= 0.3 is 0 Å². The van der Waals surface area contributed by atoms with Crippen LogP contribution in [0.4, 0.5) is 0 Å². The molecule has 1 amide bonds. The molecule has 1 aliphatic rings. The lowest BCUT2D eigenvalue weighted by atomic mass is 10.0. The van der Waals surface area contributed by atoms with Crippen molar-refractivity contribution in [1.82, 2.24) is 15.5 Å². The van der Waals surface area contributed by atoms with E-state index in [1.54, 1.807) is 0 Å². The molecule has 118 valence electrons. The molecular formula is C14H29IN4O. The minimum Gasteiger partial charge on any atom is -0.354 e. The molecule has 1 saturated heterocycles. The Hall–Kier alpha value is -0.530. The number of nitrogens with zero attached hydrogens (tertiary/aromatic N) is 2. The quantitative estimate of drug-likeness (QED) is 0.329. The van der Waals surface area contributed by atoms with Crippen molar-refractivity contribution < 1.29 is 4.79 Å². The number of amides is 1. The summed E-state index contributed by atoms with van der Waals surface area (Å²) in [7, 11) is 1.81. The fourth-order valence-electron chi connectivity index (χ4n) is 2.28. The number of halogens is 1. The number of rotatable bonds is 4. The maximum atomic E-state index is 11.4. The molecule has 1 rings (SSSR count). The minimum atomic E-state index is 0. The van der Waals surface area contributed by atoms with Crippen LogP contribution in [0.25, 0.3) is 0 Å². The second-order valence-electron chi connectivity index (χ2n) is 5.61. The third-order valence-corrected chi connectivity index (χ3v) is 3.40. The predicted molar refractivity (Wildman–Crippen MR) is 94.6 cm³/mol. The standard InChI is InChI=1S/C14H28N4O.HI/c1-11(2)13(19)16-7-8-17-14(15-4)18-9-5-6-12(3)10-18;/h11-12H,5-10H2,1-4H3,(H,15,17)(H,16,19);1H. The zero-order valence-electron chi connectivity index (χ0n) is 13.1. The minimum absolute atomic E-state index is 0. The Kier molecular flexibility index (Phi) is 9.96. The van der Waals surface area contributed by atoms with E-state index >= 15 is 0 Å². The van der Waals surface area contributed by atoms with E-state index in [9.17, 15) is 4.79 Å². The summed E-state index contributed by atoms with van der Waals surface area (Å²) in [5, 5.41) is 6.21. The largest absolute Gasteiger partial charge is 0.354 e. The molecule has 0 aromatic rings. The van der Waals surface area contributed by atoms with Gasteiger partial charge in [-0.1, -0.05) is 20.8 Å². The summed E-state index contributed by atoms with van der Waals surface area (Å²) in [6.07, 6.45) is 2.53. The Morgan fingerprint density at radius 1 is 1.35 bits per heavy atom. The maximum Gasteiger partial charge on any atom is 0.222 e. The Bertz CT molecular complexity index is 320. The van der Waals surface area contributed by atoms with Gasteiger partial charge in [-0.2, -0.15) is 0 Å². The van der Waals surface area contributed by atoms with Crippen LogP contribution in [-0.4, -0.2) is 50.0 Å². The molecular weight excluding hydrogens is 367 g/mol. The Morgan fingerprint density at radius 3 is 2.55 bits per heavy atom. The van der Waals surface area contributed by atoms with Gasteiger partial charge in [-0.25, -0.2) is 0 Å². The molecule has 0 bridgehead atoms. The molecule has 0 saturated carbocycles. The van der Waals surface area contributed by atoms with Gasteiger partial charge in [0.2, 0.25) is 5.91 Å². The summed E-state index contributed by atoms with van der Waals surface area (Å²) in [6.45, 7) is 9.58. The summed E-state index contributed by atoms with van der Waals surface area (Å²) in [4.78, 5) is 18.0. The highest BCUT2D eigenvalue weighted by molar-refractivity contribution is 14.0. The van der Waals surface area contributed by atoms with E-state index in [1.165, 1.54) is 12.8 Å². The number of likely N-dealkylation sites (tertiary alicyclic amines) is 1. The van der Waals surface area contributed by atoms with Crippen LogP contribution in [0.15, 0.2) is 4.99 Å². The number of aliphatic imine (C=N–C) groups is 1. The number of hydrogen-bond acceptors (Lipinski definition) is 2. The van der Waals surface area contributed by atoms with E-state index in [2.05, 4.69) is 27.4 Å². The second kappa shape index (κ2) is 10.2. The molecule has 0 aliphatic carbocycles. The van der Waals surface area contributed by atoms with Crippen molar-refractivity contribution >= 4 is 35.8 Å². The molecule has 1 fully saturated rings. The van der Waals surface area contributed by atoms with Gasteiger partial charge in [0.15, 0.2) is 5.96 Å². The van der Waals surface area contributed by atoms with Gasteiger partial charge in [0, 0.05) is 39.1 Å². The van der Waals surface area contributed by atoms with Crippen molar-refractivity contribution in [2.75, 3.05) is 33.2 Å². The second-order valence-corrected chi connectivity index (χ2v) is 5.61. The van der Waals surface area contributed by atoms with Gasteiger partial charge in [-0.15, -0.1) is 24.0 Å². The van der Waals surface area contributed by atoms with Crippen LogP contribution in [0, 0.1) is 11.8 Å². The lowest BCUT2D eigenvalue weighted by Gasteiger charge is -2.33. The van der Waals surface area contributed by atoms with E-state index in [-0.39, 0.29) is 35.8 Å². The van der Waals surface area contributed by atoms with Gasteiger partial charge in [0.25, 0.3) is 0 Å². The molecule has 0 radical (unpaired) electrons. The van der Waals surface area contributed by atoms with Crippen LogP contribution < -0.4 is 10.6 Å². The zero-order chi connectivity index (χ0) is 14.3. The summed E-state index contributed by atoms with van der Waals surface area (Å²) < 4.78 is 0. The molecule has 1 heterocycles. The Balaban J connectivity index is 0.00000361. The van der Waals surface area contributed by atoms with Crippen molar-refractivity contribution in [1.29, 1.82) is 0 Å². The molecule has 20 heavy (non-hydrogen) atoms. The van der Waals surface area contributed by atoms with E-state index in [1.807, 2.05) is 20.9 Å². The normalized spacial score (nSPS) is 19.6. The number of piperidine rings is 1. The number of guanidine groups is 1. The van der Waals surface area contributed by atoms with Crippen LogP contribution in [-0.2, 0) is 4.79 Å². The molecule has 0 aromatic carbocycles. The summed E-state index contributed by atoms with van der Waals surface area (Å²) in [5.41, 5.74) is 0.